The van der Waals surface area contributed by atoms with Gasteiger partial charge in [0.05, 0.1) is 39.5 Å². The Bertz CT molecular complexity index is 4490. The lowest BCUT2D eigenvalue weighted by atomic mass is 9.98. The molecule has 0 radical (unpaired) electrons. The Labute approximate surface area is 447 Å². The predicted molar refractivity (Wildman–Crippen MR) is 326 cm³/mol. The topological polar surface area (TPSA) is 47.9 Å². The molecule has 0 bridgehead atoms. The third kappa shape index (κ3) is 8.44. The quantitative estimate of drug-likeness (QED) is 0.136. The lowest BCUT2D eigenvalue weighted by Gasteiger charge is -2.18. The predicted octanol–water partition coefficient (Wildman–Crippen LogP) is 18.7. The fourth-order valence-electron chi connectivity index (χ4n) is 11.4. The number of hydrogen-bond donors (Lipinski definition) is 2. The van der Waals surface area contributed by atoms with Crippen molar-refractivity contribution in [2.75, 3.05) is 5.43 Å². The summed E-state index contributed by atoms with van der Waals surface area (Å²) in [7, 11) is 0. The average Bonchev–Trinajstić information content (AvgIpc) is 4.00. The maximum Gasteiger partial charge on any atom is 0.0710 e. The Morgan fingerprint density at radius 2 is 0.688 bits per heavy atom. The van der Waals surface area contributed by atoms with E-state index in [1.165, 1.54) is 66.1 Å². The van der Waals surface area contributed by atoms with Crippen molar-refractivity contribution in [3.8, 4) is 61.3 Å². The first-order chi connectivity index (χ1) is 38.1. The Balaban J connectivity index is 0.925. The molecule has 0 spiro atoms. The summed E-state index contributed by atoms with van der Waals surface area (Å²) < 4.78 is 4.70. The number of fused-ring (bicyclic) bond motifs is 7. The van der Waals surface area contributed by atoms with E-state index >= 15 is 0 Å². The number of nitrogens with one attached hydrogen (secondary N) is 1. The second-order valence-corrected chi connectivity index (χ2v) is 20.0. The molecule has 0 amide bonds. The van der Waals surface area contributed by atoms with Crippen LogP contribution in [-0.2, 0) is 0 Å². The summed E-state index contributed by atoms with van der Waals surface area (Å²) in [6, 6.07) is 102. The Hall–Kier alpha value is -10.0. The molecule has 2 aromatic heterocycles. The zero-order chi connectivity index (χ0) is 51.2. The van der Waals surface area contributed by atoms with Gasteiger partial charge in [-0.3, -0.25) is 10.1 Å². The molecule has 14 aromatic rings. The van der Waals surface area contributed by atoms with Gasteiger partial charge in [0.1, 0.15) is 0 Å². The smallest absolute Gasteiger partial charge is 0.0710 e. The van der Waals surface area contributed by atoms with E-state index < -0.39 is 6.04 Å². The van der Waals surface area contributed by atoms with Gasteiger partial charge in [0.15, 0.2) is 0 Å². The van der Waals surface area contributed by atoms with Crippen LogP contribution in [0.15, 0.2) is 291 Å². The van der Waals surface area contributed by atoms with Crippen molar-refractivity contribution in [1.29, 1.82) is 0 Å². The number of nitrogens with two attached hydrogens (primary N) is 1. The van der Waals surface area contributed by atoms with Crippen LogP contribution >= 0.6 is 0 Å². The first-order valence-electron chi connectivity index (χ1n) is 26.4. The van der Waals surface area contributed by atoms with Crippen LogP contribution in [0, 0.1) is 0 Å². The van der Waals surface area contributed by atoms with Gasteiger partial charge >= 0.3 is 0 Å². The second kappa shape index (κ2) is 19.4. The largest absolute Gasteiger partial charge is 0.321 e. The standard InChI is InChI=1S/C73H52N4/c74-67(56-32-28-53(29-33-56)49-16-5-1-6-17-49)48-68(57-34-30-54(31-35-57)50-18-7-2-8-19-50)75-77-72-42-38-59(52-22-11-4-12-23-52)45-65(72)66-47-61(39-43-73(66)77)60-37-41-71-64(46-60)63-44-58(51-20-9-3-10-21-51)36-40-70(63)76(71)69-27-15-25-55-24-13-14-26-62(55)69/h1-48,67,75H,74H2/b68-48-. The minimum atomic E-state index is -0.397. The van der Waals surface area contributed by atoms with Gasteiger partial charge in [-0.25, -0.2) is 0 Å². The van der Waals surface area contributed by atoms with Gasteiger partial charge in [-0.2, -0.15) is 0 Å². The lowest BCUT2D eigenvalue weighted by molar-refractivity contribution is 0.907. The van der Waals surface area contributed by atoms with E-state index in [0.29, 0.717) is 0 Å². The molecule has 4 heteroatoms. The zero-order valence-corrected chi connectivity index (χ0v) is 42.3. The van der Waals surface area contributed by atoms with Crippen molar-refractivity contribution < 1.29 is 0 Å². The lowest BCUT2D eigenvalue weighted by Crippen LogP contribution is -2.16. The second-order valence-electron chi connectivity index (χ2n) is 20.0. The first-order valence-corrected chi connectivity index (χ1v) is 26.4. The van der Waals surface area contributed by atoms with Crippen molar-refractivity contribution in [3.63, 3.8) is 0 Å². The van der Waals surface area contributed by atoms with Gasteiger partial charge in [-0.15, -0.1) is 0 Å². The molecule has 0 aliphatic rings. The highest BCUT2D eigenvalue weighted by Crippen LogP contribution is 2.41. The third-order valence-corrected chi connectivity index (χ3v) is 15.4. The van der Waals surface area contributed by atoms with Gasteiger partial charge in [0, 0.05) is 26.9 Å². The summed E-state index contributed by atoms with van der Waals surface area (Å²) in [5.41, 5.74) is 31.4. The summed E-state index contributed by atoms with van der Waals surface area (Å²) in [6.07, 6.45) is 2.16. The van der Waals surface area contributed by atoms with Crippen molar-refractivity contribution >= 4 is 60.1 Å². The van der Waals surface area contributed by atoms with Crippen LogP contribution in [-0.4, -0.2) is 9.24 Å². The van der Waals surface area contributed by atoms with E-state index in [4.69, 9.17) is 5.73 Å². The first kappa shape index (κ1) is 45.6. The maximum absolute atomic E-state index is 7.21. The summed E-state index contributed by atoms with van der Waals surface area (Å²) >= 11 is 0. The van der Waals surface area contributed by atoms with E-state index in [1.54, 1.807) is 0 Å². The van der Waals surface area contributed by atoms with Crippen molar-refractivity contribution in [3.05, 3.63) is 302 Å². The SMILES string of the molecule is NC(/C=C(\Nn1c2ccc(-c3ccccc3)cc2c2cc(-c3ccc4c(c3)c3cc(-c5ccccc5)ccc3n4-c3cccc4ccccc34)ccc21)c1ccc(-c2ccccc2)cc1)c1ccc(-c2ccccc2)cc1. The summed E-state index contributed by atoms with van der Waals surface area (Å²) in [6.45, 7) is 0. The van der Waals surface area contributed by atoms with E-state index in [1.807, 2.05) is 6.07 Å². The van der Waals surface area contributed by atoms with Gasteiger partial charge < -0.3 is 10.3 Å². The fourth-order valence-corrected chi connectivity index (χ4v) is 11.4. The Morgan fingerprint density at radius 3 is 1.18 bits per heavy atom. The molecule has 0 fully saturated rings. The summed E-state index contributed by atoms with van der Waals surface area (Å²) in [4.78, 5) is 0. The molecule has 1 unspecified atom stereocenters. The molecule has 14 rings (SSSR count). The van der Waals surface area contributed by atoms with Gasteiger partial charge in [0.2, 0.25) is 0 Å². The third-order valence-electron chi connectivity index (χ3n) is 15.4. The zero-order valence-electron chi connectivity index (χ0n) is 42.3. The number of nitrogens with zero attached hydrogens (tertiary/aromatic N) is 2. The molecular formula is C73H52N4. The van der Waals surface area contributed by atoms with Gasteiger partial charge in [0.25, 0.3) is 0 Å². The van der Waals surface area contributed by atoms with Crippen LogP contribution < -0.4 is 11.2 Å². The van der Waals surface area contributed by atoms with Crippen LogP contribution in [0.2, 0.25) is 0 Å². The number of aromatic nitrogens is 2. The number of benzene rings is 12. The molecule has 77 heavy (non-hydrogen) atoms. The van der Waals surface area contributed by atoms with Gasteiger partial charge in [-0.05, 0) is 133 Å². The summed E-state index contributed by atoms with van der Waals surface area (Å²) in [5, 5.41) is 7.15. The molecule has 2 heterocycles. The minimum absolute atomic E-state index is 0.397. The maximum atomic E-state index is 7.21. The van der Waals surface area contributed by atoms with Crippen LogP contribution in [0.4, 0.5) is 0 Å². The number of rotatable bonds is 11. The Kier molecular flexibility index (Phi) is 11.5. The molecule has 3 N–H and O–H groups in total. The molecule has 0 aliphatic heterocycles. The van der Waals surface area contributed by atoms with Crippen LogP contribution in [0.3, 0.4) is 0 Å². The molecule has 0 saturated heterocycles. The monoisotopic (exact) mass is 984 g/mol. The molecular weight excluding hydrogens is 933 g/mol. The normalized spacial score (nSPS) is 12.2. The fraction of sp³-hybridized carbons (Fsp3) is 0.0137. The molecule has 364 valence electrons. The van der Waals surface area contributed by atoms with Crippen LogP contribution in [0.5, 0.6) is 0 Å². The molecule has 0 aliphatic carbocycles. The molecule has 1 atom stereocenters. The van der Waals surface area contributed by atoms with Crippen molar-refractivity contribution in [1.82, 2.24) is 9.24 Å². The molecule has 0 saturated carbocycles. The van der Waals surface area contributed by atoms with Crippen LogP contribution in [0.25, 0.3) is 121 Å². The molecule has 12 aromatic carbocycles. The molecule has 4 nitrogen and oxygen atoms in total. The highest BCUT2D eigenvalue weighted by Gasteiger charge is 2.20. The average molecular weight is 985 g/mol. The minimum Gasteiger partial charge on any atom is -0.321 e. The van der Waals surface area contributed by atoms with E-state index in [0.717, 1.165) is 66.4 Å². The van der Waals surface area contributed by atoms with Crippen molar-refractivity contribution in [2.24, 2.45) is 5.73 Å². The number of hydrogen-bond acceptors (Lipinski definition) is 2. The van der Waals surface area contributed by atoms with Crippen molar-refractivity contribution in [2.45, 2.75) is 6.04 Å². The van der Waals surface area contributed by atoms with Crippen LogP contribution in [0.1, 0.15) is 17.2 Å². The van der Waals surface area contributed by atoms with Gasteiger partial charge in [-0.1, -0.05) is 231 Å². The van der Waals surface area contributed by atoms with E-state index in [2.05, 4.69) is 300 Å². The highest BCUT2D eigenvalue weighted by atomic mass is 15.4. The van der Waals surface area contributed by atoms with E-state index in [9.17, 15) is 0 Å². The van der Waals surface area contributed by atoms with E-state index in [-0.39, 0.29) is 0 Å². The highest BCUT2D eigenvalue weighted by molar-refractivity contribution is 6.14. The Morgan fingerprint density at radius 1 is 0.325 bits per heavy atom. The summed E-state index contributed by atoms with van der Waals surface area (Å²) in [5.74, 6) is 0.